The van der Waals surface area contributed by atoms with E-state index in [4.69, 9.17) is 0 Å². The first kappa shape index (κ1) is 13.9. The Hall–Kier alpha value is -3.08. The van der Waals surface area contributed by atoms with Gasteiger partial charge in [0.2, 0.25) is 0 Å². The zero-order valence-corrected chi connectivity index (χ0v) is 11.8. The van der Waals surface area contributed by atoms with Crippen molar-refractivity contribution in [3.8, 4) is 11.3 Å². The number of nitrogens with zero attached hydrogens (tertiary/aromatic N) is 3. The molecule has 0 atom stereocenters. The smallest absolute Gasteiger partial charge is 0.251 e. The van der Waals surface area contributed by atoms with Crippen LogP contribution in [0, 0.1) is 0 Å². The highest BCUT2D eigenvalue weighted by molar-refractivity contribution is 5.93. The van der Waals surface area contributed by atoms with Crippen molar-refractivity contribution in [3.63, 3.8) is 0 Å². The number of rotatable bonds is 4. The molecule has 0 fully saturated rings. The molecule has 0 radical (unpaired) electrons. The van der Waals surface area contributed by atoms with Gasteiger partial charge in [0.15, 0.2) is 0 Å². The van der Waals surface area contributed by atoms with Crippen LogP contribution in [0.3, 0.4) is 0 Å². The number of carbonyl (C=O) groups is 1. The highest BCUT2D eigenvalue weighted by atomic mass is 16.1. The summed E-state index contributed by atoms with van der Waals surface area (Å²) in [6.45, 7) is 0.432. The highest BCUT2D eigenvalue weighted by Crippen LogP contribution is 2.15. The van der Waals surface area contributed by atoms with Gasteiger partial charge in [-0.3, -0.25) is 19.7 Å². The minimum absolute atomic E-state index is 0.126. The molecule has 0 bridgehead atoms. The van der Waals surface area contributed by atoms with E-state index in [9.17, 15) is 4.79 Å². The second-order valence-electron chi connectivity index (χ2n) is 4.71. The van der Waals surface area contributed by atoms with Crippen molar-refractivity contribution in [2.75, 3.05) is 0 Å². The van der Waals surface area contributed by atoms with Crippen molar-refractivity contribution >= 4 is 5.91 Å². The minimum Gasteiger partial charge on any atom is -0.348 e. The molecule has 3 rings (SSSR count). The molecule has 108 valence electrons. The van der Waals surface area contributed by atoms with Crippen LogP contribution in [0.25, 0.3) is 11.3 Å². The molecule has 5 heteroatoms. The maximum absolute atomic E-state index is 11.9. The van der Waals surface area contributed by atoms with E-state index in [1.165, 1.54) is 0 Å². The Bertz CT molecular complexity index is 743. The lowest BCUT2D eigenvalue weighted by molar-refractivity contribution is 0.0951. The van der Waals surface area contributed by atoms with Gasteiger partial charge < -0.3 is 5.32 Å². The van der Waals surface area contributed by atoms with Crippen LogP contribution in [0.1, 0.15) is 15.9 Å². The second kappa shape index (κ2) is 6.58. The zero-order chi connectivity index (χ0) is 15.2. The molecule has 3 aromatic rings. The van der Waals surface area contributed by atoms with Crippen molar-refractivity contribution in [2.24, 2.45) is 0 Å². The molecule has 0 spiro atoms. The standard InChI is InChI=1S/C17H14N4O/c22-17(14-5-8-18-9-6-14)21-11-13-3-4-16(20-10-13)15-2-1-7-19-12-15/h1-10,12H,11H2,(H,21,22). The third-order valence-corrected chi connectivity index (χ3v) is 3.18. The van der Waals surface area contributed by atoms with Crippen LogP contribution < -0.4 is 5.32 Å². The summed E-state index contributed by atoms with van der Waals surface area (Å²) in [5, 5.41) is 2.86. The van der Waals surface area contributed by atoms with Crippen LogP contribution in [-0.4, -0.2) is 20.9 Å². The Morgan fingerprint density at radius 1 is 0.955 bits per heavy atom. The number of pyridine rings is 3. The van der Waals surface area contributed by atoms with Gasteiger partial charge in [0.1, 0.15) is 0 Å². The third-order valence-electron chi connectivity index (χ3n) is 3.18. The molecule has 3 aromatic heterocycles. The predicted octanol–water partition coefficient (Wildman–Crippen LogP) is 2.47. The van der Waals surface area contributed by atoms with E-state index in [1.54, 1.807) is 43.1 Å². The van der Waals surface area contributed by atoms with Crippen LogP contribution in [0.2, 0.25) is 0 Å². The summed E-state index contributed by atoms with van der Waals surface area (Å²) in [6, 6.07) is 11.1. The maximum atomic E-state index is 11.9. The second-order valence-corrected chi connectivity index (χ2v) is 4.71. The average Bonchev–Trinajstić information content (AvgIpc) is 2.61. The molecule has 1 amide bonds. The Labute approximate surface area is 128 Å². The lowest BCUT2D eigenvalue weighted by atomic mass is 10.1. The molecule has 0 aliphatic rings. The minimum atomic E-state index is -0.126. The lowest BCUT2D eigenvalue weighted by Crippen LogP contribution is -2.22. The molecule has 5 nitrogen and oxygen atoms in total. The molecule has 0 unspecified atom stereocenters. The molecule has 0 aliphatic carbocycles. The van der Waals surface area contributed by atoms with Crippen LogP contribution in [-0.2, 0) is 6.54 Å². The zero-order valence-electron chi connectivity index (χ0n) is 11.8. The van der Waals surface area contributed by atoms with Gasteiger partial charge in [0, 0.05) is 48.7 Å². The maximum Gasteiger partial charge on any atom is 0.251 e. The molecular formula is C17H14N4O. The van der Waals surface area contributed by atoms with E-state index < -0.39 is 0 Å². The first-order chi connectivity index (χ1) is 10.8. The van der Waals surface area contributed by atoms with Crippen LogP contribution in [0.15, 0.2) is 67.4 Å². The van der Waals surface area contributed by atoms with E-state index in [0.29, 0.717) is 12.1 Å². The topological polar surface area (TPSA) is 67.8 Å². The normalized spacial score (nSPS) is 10.2. The van der Waals surface area contributed by atoms with Crippen molar-refractivity contribution in [3.05, 3.63) is 78.5 Å². The molecule has 1 N–H and O–H groups in total. The summed E-state index contributed by atoms with van der Waals surface area (Å²) in [6.07, 6.45) is 8.45. The van der Waals surface area contributed by atoms with Gasteiger partial charge in [-0.15, -0.1) is 0 Å². The Balaban J connectivity index is 1.63. The van der Waals surface area contributed by atoms with E-state index in [0.717, 1.165) is 16.8 Å². The first-order valence-corrected chi connectivity index (χ1v) is 6.86. The molecule has 0 aliphatic heterocycles. The molecule has 0 saturated heterocycles. The van der Waals surface area contributed by atoms with E-state index in [-0.39, 0.29) is 5.91 Å². The van der Waals surface area contributed by atoms with Gasteiger partial charge in [-0.05, 0) is 35.9 Å². The number of aromatic nitrogens is 3. The number of amides is 1. The quantitative estimate of drug-likeness (QED) is 0.801. The van der Waals surface area contributed by atoms with E-state index in [2.05, 4.69) is 20.3 Å². The van der Waals surface area contributed by atoms with E-state index >= 15 is 0 Å². The fraction of sp³-hybridized carbons (Fsp3) is 0.0588. The SMILES string of the molecule is O=C(NCc1ccc(-c2cccnc2)nc1)c1ccncc1. The molecule has 0 aromatic carbocycles. The van der Waals surface area contributed by atoms with Crippen molar-refractivity contribution in [1.82, 2.24) is 20.3 Å². The number of nitrogens with one attached hydrogen (secondary N) is 1. The number of carbonyl (C=O) groups excluding carboxylic acids is 1. The average molecular weight is 290 g/mol. The molecule has 3 heterocycles. The summed E-state index contributed by atoms with van der Waals surface area (Å²) >= 11 is 0. The predicted molar refractivity (Wildman–Crippen MR) is 82.9 cm³/mol. The largest absolute Gasteiger partial charge is 0.348 e. The van der Waals surface area contributed by atoms with Crippen LogP contribution in [0.5, 0.6) is 0 Å². The Morgan fingerprint density at radius 2 is 1.82 bits per heavy atom. The summed E-state index contributed by atoms with van der Waals surface area (Å²) in [4.78, 5) is 24.3. The van der Waals surface area contributed by atoms with Crippen LogP contribution >= 0.6 is 0 Å². The monoisotopic (exact) mass is 290 g/mol. The van der Waals surface area contributed by atoms with Gasteiger partial charge in [-0.1, -0.05) is 6.07 Å². The summed E-state index contributed by atoms with van der Waals surface area (Å²) in [5.74, 6) is -0.126. The van der Waals surface area contributed by atoms with Crippen LogP contribution in [0.4, 0.5) is 0 Å². The fourth-order valence-corrected chi connectivity index (χ4v) is 2.00. The van der Waals surface area contributed by atoms with Gasteiger partial charge >= 0.3 is 0 Å². The molecule has 22 heavy (non-hydrogen) atoms. The van der Waals surface area contributed by atoms with Gasteiger partial charge in [-0.25, -0.2) is 0 Å². The number of hydrogen-bond acceptors (Lipinski definition) is 4. The summed E-state index contributed by atoms with van der Waals surface area (Å²) < 4.78 is 0. The summed E-state index contributed by atoms with van der Waals surface area (Å²) in [5.41, 5.74) is 3.36. The first-order valence-electron chi connectivity index (χ1n) is 6.86. The van der Waals surface area contributed by atoms with E-state index in [1.807, 2.05) is 24.3 Å². The Kier molecular flexibility index (Phi) is 4.15. The summed E-state index contributed by atoms with van der Waals surface area (Å²) in [7, 11) is 0. The Morgan fingerprint density at radius 3 is 2.50 bits per heavy atom. The van der Waals surface area contributed by atoms with Gasteiger partial charge in [0.25, 0.3) is 5.91 Å². The number of hydrogen-bond donors (Lipinski definition) is 1. The lowest BCUT2D eigenvalue weighted by Gasteiger charge is -2.06. The van der Waals surface area contributed by atoms with Crippen molar-refractivity contribution in [1.29, 1.82) is 0 Å². The third kappa shape index (κ3) is 3.32. The van der Waals surface area contributed by atoms with Crippen molar-refractivity contribution in [2.45, 2.75) is 6.54 Å². The highest BCUT2D eigenvalue weighted by Gasteiger charge is 2.05. The van der Waals surface area contributed by atoms with Gasteiger partial charge in [-0.2, -0.15) is 0 Å². The molecular weight excluding hydrogens is 276 g/mol. The van der Waals surface area contributed by atoms with Gasteiger partial charge in [0.05, 0.1) is 5.69 Å². The van der Waals surface area contributed by atoms with Crippen molar-refractivity contribution < 1.29 is 4.79 Å². The fourth-order valence-electron chi connectivity index (χ4n) is 2.00. The molecule has 0 saturated carbocycles.